The quantitative estimate of drug-likeness (QED) is 0.736. The standard InChI is InChI=1S/C15H21F2NO/c1-10(2)8-18(11(3)4)9-15(19)13-6-5-12(16)7-14(13)17/h5-7,10-11H,8-9H2,1-4H3. The van der Waals surface area contributed by atoms with Crippen LogP contribution in [-0.4, -0.2) is 29.8 Å². The van der Waals surface area contributed by atoms with E-state index in [4.69, 9.17) is 0 Å². The molecule has 0 unspecified atom stereocenters. The molecule has 0 bridgehead atoms. The van der Waals surface area contributed by atoms with Gasteiger partial charge in [-0.05, 0) is 31.9 Å². The van der Waals surface area contributed by atoms with Gasteiger partial charge in [0.2, 0.25) is 0 Å². The summed E-state index contributed by atoms with van der Waals surface area (Å²) in [6, 6.07) is 3.27. The second-order valence-electron chi connectivity index (χ2n) is 5.46. The maximum absolute atomic E-state index is 13.5. The zero-order valence-electron chi connectivity index (χ0n) is 11.9. The average molecular weight is 269 g/mol. The summed E-state index contributed by atoms with van der Waals surface area (Å²) < 4.78 is 26.3. The van der Waals surface area contributed by atoms with E-state index in [0.29, 0.717) is 5.92 Å². The molecule has 19 heavy (non-hydrogen) atoms. The summed E-state index contributed by atoms with van der Waals surface area (Å²) in [5.41, 5.74) is -0.0455. The van der Waals surface area contributed by atoms with Gasteiger partial charge in [-0.25, -0.2) is 8.78 Å². The minimum absolute atomic E-state index is 0.0455. The highest BCUT2D eigenvalue weighted by molar-refractivity contribution is 5.97. The van der Waals surface area contributed by atoms with Crippen LogP contribution in [0.25, 0.3) is 0 Å². The maximum Gasteiger partial charge on any atom is 0.179 e. The molecule has 2 nitrogen and oxygen atoms in total. The monoisotopic (exact) mass is 269 g/mol. The van der Waals surface area contributed by atoms with Gasteiger partial charge in [0, 0.05) is 18.7 Å². The predicted octanol–water partition coefficient (Wildman–Crippen LogP) is 3.51. The number of ketones is 1. The van der Waals surface area contributed by atoms with E-state index in [0.717, 1.165) is 18.7 Å². The lowest BCUT2D eigenvalue weighted by atomic mass is 10.1. The number of hydrogen-bond donors (Lipinski definition) is 0. The molecular weight excluding hydrogens is 248 g/mol. The molecule has 0 aliphatic carbocycles. The number of hydrogen-bond acceptors (Lipinski definition) is 2. The zero-order valence-corrected chi connectivity index (χ0v) is 11.9. The summed E-state index contributed by atoms with van der Waals surface area (Å²) in [4.78, 5) is 14.1. The number of Topliss-reactive ketones (excluding diaryl/α,β-unsaturated/α-hetero) is 1. The van der Waals surface area contributed by atoms with E-state index < -0.39 is 11.6 Å². The van der Waals surface area contributed by atoms with Crippen LogP contribution in [0.5, 0.6) is 0 Å². The SMILES string of the molecule is CC(C)CN(CC(=O)c1ccc(F)cc1F)C(C)C. The molecule has 0 saturated heterocycles. The van der Waals surface area contributed by atoms with Crippen LogP contribution in [0, 0.1) is 17.6 Å². The summed E-state index contributed by atoms with van der Waals surface area (Å²) >= 11 is 0. The van der Waals surface area contributed by atoms with Gasteiger partial charge in [0.1, 0.15) is 11.6 Å². The first-order valence-electron chi connectivity index (χ1n) is 6.53. The minimum Gasteiger partial charge on any atom is -0.293 e. The molecule has 0 atom stereocenters. The fraction of sp³-hybridized carbons (Fsp3) is 0.533. The Bertz CT molecular complexity index is 444. The molecule has 4 heteroatoms. The topological polar surface area (TPSA) is 20.3 Å². The molecule has 0 fully saturated rings. The van der Waals surface area contributed by atoms with Crippen molar-refractivity contribution in [3.05, 3.63) is 35.4 Å². The van der Waals surface area contributed by atoms with Crippen molar-refractivity contribution in [2.24, 2.45) is 5.92 Å². The van der Waals surface area contributed by atoms with Crippen molar-refractivity contribution in [2.45, 2.75) is 33.7 Å². The van der Waals surface area contributed by atoms with Crippen LogP contribution < -0.4 is 0 Å². The van der Waals surface area contributed by atoms with Gasteiger partial charge < -0.3 is 0 Å². The van der Waals surface area contributed by atoms with Crippen LogP contribution in [-0.2, 0) is 0 Å². The largest absolute Gasteiger partial charge is 0.293 e. The van der Waals surface area contributed by atoms with Crippen LogP contribution in [0.15, 0.2) is 18.2 Å². The van der Waals surface area contributed by atoms with Crippen LogP contribution in [0.1, 0.15) is 38.1 Å². The molecule has 0 N–H and O–H groups in total. The van der Waals surface area contributed by atoms with Crippen molar-refractivity contribution in [3.8, 4) is 0 Å². The van der Waals surface area contributed by atoms with E-state index in [1.54, 1.807) is 0 Å². The second-order valence-corrected chi connectivity index (χ2v) is 5.46. The Morgan fingerprint density at radius 2 is 1.84 bits per heavy atom. The van der Waals surface area contributed by atoms with Gasteiger partial charge in [-0.1, -0.05) is 13.8 Å². The molecule has 1 aromatic carbocycles. The number of nitrogens with zero attached hydrogens (tertiary/aromatic N) is 1. The molecule has 0 saturated carbocycles. The Morgan fingerprint density at radius 3 is 2.32 bits per heavy atom. The minimum atomic E-state index is -0.793. The van der Waals surface area contributed by atoms with Crippen molar-refractivity contribution < 1.29 is 13.6 Å². The van der Waals surface area contributed by atoms with Crippen molar-refractivity contribution in [3.63, 3.8) is 0 Å². The molecule has 0 aliphatic heterocycles. The number of rotatable bonds is 6. The van der Waals surface area contributed by atoms with E-state index in [1.165, 1.54) is 6.07 Å². The molecule has 0 aromatic heterocycles. The van der Waals surface area contributed by atoms with Crippen LogP contribution in [0.2, 0.25) is 0 Å². The number of benzene rings is 1. The van der Waals surface area contributed by atoms with E-state index >= 15 is 0 Å². The van der Waals surface area contributed by atoms with E-state index in [2.05, 4.69) is 13.8 Å². The van der Waals surface area contributed by atoms with Gasteiger partial charge in [0.05, 0.1) is 12.1 Å². The molecule has 0 amide bonds. The Labute approximate surface area is 113 Å². The van der Waals surface area contributed by atoms with Crippen molar-refractivity contribution in [1.82, 2.24) is 4.90 Å². The molecule has 0 heterocycles. The first-order chi connectivity index (χ1) is 8.81. The Kier molecular flexibility index (Phi) is 5.60. The lowest BCUT2D eigenvalue weighted by Crippen LogP contribution is -2.38. The smallest absolute Gasteiger partial charge is 0.179 e. The lowest BCUT2D eigenvalue weighted by molar-refractivity contribution is 0.0888. The normalized spacial score (nSPS) is 11.6. The highest BCUT2D eigenvalue weighted by Crippen LogP contribution is 2.12. The molecule has 0 aliphatic rings. The van der Waals surface area contributed by atoms with Crippen LogP contribution in [0.3, 0.4) is 0 Å². The fourth-order valence-electron chi connectivity index (χ4n) is 1.91. The average Bonchev–Trinajstić information content (AvgIpc) is 2.26. The summed E-state index contributed by atoms with van der Waals surface area (Å²) in [5.74, 6) is -1.35. The Morgan fingerprint density at radius 1 is 1.21 bits per heavy atom. The second kappa shape index (κ2) is 6.75. The number of carbonyl (C=O) groups is 1. The van der Waals surface area contributed by atoms with Gasteiger partial charge in [-0.2, -0.15) is 0 Å². The van der Waals surface area contributed by atoms with Crippen molar-refractivity contribution in [2.75, 3.05) is 13.1 Å². The molecule has 106 valence electrons. The van der Waals surface area contributed by atoms with E-state index in [9.17, 15) is 13.6 Å². The first kappa shape index (κ1) is 15.8. The van der Waals surface area contributed by atoms with Gasteiger partial charge in [0.25, 0.3) is 0 Å². The molecular formula is C15H21F2NO. The van der Waals surface area contributed by atoms with Gasteiger partial charge in [-0.15, -0.1) is 0 Å². The number of carbonyl (C=O) groups excluding carboxylic acids is 1. The molecule has 0 spiro atoms. The predicted molar refractivity (Wildman–Crippen MR) is 72.2 cm³/mol. The van der Waals surface area contributed by atoms with Crippen molar-refractivity contribution in [1.29, 1.82) is 0 Å². The Balaban J connectivity index is 2.81. The van der Waals surface area contributed by atoms with Gasteiger partial charge in [-0.3, -0.25) is 9.69 Å². The summed E-state index contributed by atoms with van der Waals surface area (Å²) in [7, 11) is 0. The maximum atomic E-state index is 13.5. The molecule has 1 aromatic rings. The van der Waals surface area contributed by atoms with Gasteiger partial charge >= 0.3 is 0 Å². The summed E-state index contributed by atoms with van der Waals surface area (Å²) in [6.07, 6.45) is 0. The van der Waals surface area contributed by atoms with E-state index in [1.807, 2.05) is 18.7 Å². The highest BCUT2D eigenvalue weighted by atomic mass is 19.1. The molecule has 0 radical (unpaired) electrons. The molecule has 1 rings (SSSR count). The lowest BCUT2D eigenvalue weighted by Gasteiger charge is -2.27. The fourth-order valence-corrected chi connectivity index (χ4v) is 1.91. The highest BCUT2D eigenvalue weighted by Gasteiger charge is 2.19. The third-order valence-corrected chi connectivity index (χ3v) is 2.91. The van der Waals surface area contributed by atoms with Crippen LogP contribution in [0.4, 0.5) is 8.78 Å². The van der Waals surface area contributed by atoms with E-state index in [-0.39, 0.29) is 23.9 Å². The van der Waals surface area contributed by atoms with Crippen molar-refractivity contribution >= 4 is 5.78 Å². The third-order valence-electron chi connectivity index (χ3n) is 2.91. The summed E-state index contributed by atoms with van der Waals surface area (Å²) in [6.45, 7) is 9.05. The third kappa shape index (κ3) is 4.71. The summed E-state index contributed by atoms with van der Waals surface area (Å²) in [5, 5.41) is 0. The number of halogens is 2. The van der Waals surface area contributed by atoms with Gasteiger partial charge in [0.15, 0.2) is 5.78 Å². The zero-order chi connectivity index (χ0) is 14.6. The van der Waals surface area contributed by atoms with Crippen LogP contribution >= 0.6 is 0 Å². The first-order valence-corrected chi connectivity index (χ1v) is 6.53. The Hall–Kier alpha value is -1.29.